The molecule has 8 nitrogen and oxygen atoms in total. The summed E-state index contributed by atoms with van der Waals surface area (Å²) in [4.78, 5) is 15.3. The molecule has 4 aromatic rings. The SMILES string of the molecule is COc1cc(C=O)ccc1OCc1cn(CCCNc2ccnc3cc(Cl)ccc23)nn1. The van der Waals surface area contributed by atoms with Crippen LogP contribution in [-0.2, 0) is 13.2 Å². The minimum Gasteiger partial charge on any atom is -0.493 e. The van der Waals surface area contributed by atoms with Crippen molar-refractivity contribution < 1.29 is 14.3 Å². The Hall–Kier alpha value is -3.65. The van der Waals surface area contributed by atoms with E-state index >= 15 is 0 Å². The van der Waals surface area contributed by atoms with E-state index in [2.05, 4.69) is 20.6 Å². The minimum atomic E-state index is 0.251. The van der Waals surface area contributed by atoms with Crippen molar-refractivity contribution in [1.29, 1.82) is 0 Å². The van der Waals surface area contributed by atoms with Crippen LogP contribution in [0, 0.1) is 0 Å². The number of aromatic nitrogens is 4. The number of nitrogens with one attached hydrogen (secondary N) is 1. The van der Waals surface area contributed by atoms with Crippen molar-refractivity contribution in [2.75, 3.05) is 19.0 Å². The molecule has 0 aliphatic heterocycles. The molecule has 0 unspecified atom stereocenters. The largest absolute Gasteiger partial charge is 0.493 e. The third-order valence-corrected chi connectivity index (χ3v) is 5.10. The predicted octanol–water partition coefficient (Wildman–Crippen LogP) is 4.38. The summed E-state index contributed by atoms with van der Waals surface area (Å²) < 4.78 is 12.8. The summed E-state index contributed by atoms with van der Waals surface area (Å²) in [6.45, 7) is 1.74. The molecular formula is C23H22ClN5O3. The Kier molecular flexibility index (Phi) is 6.81. The highest BCUT2D eigenvalue weighted by atomic mass is 35.5. The van der Waals surface area contributed by atoms with Gasteiger partial charge in [-0.3, -0.25) is 14.5 Å². The van der Waals surface area contributed by atoms with Gasteiger partial charge in [-0.1, -0.05) is 16.8 Å². The number of carbonyl (C=O) groups excluding carboxylic acids is 1. The fourth-order valence-corrected chi connectivity index (χ4v) is 3.45. The summed E-state index contributed by atoms with van der Waals surface area (Å²) >= 11 is 6.05. The van der Waals surface area contributed by atoms with E-state index in [9.17, 15) is 4.79 Å². The van der Waals surface area contributed by atoms with Gasteiger partial charge in [0, 0.05) is 40.9 Å². The van der Waals surface area contributed by atoms with Crippen LogP contribution in [0.15, 0.2) is 54.9 Å². The first-order valence-electron chi connectivity index (χ1n) is 10.1. The van der Waals surface area contributed by atoms with Gasteiger partial charge in [0.15, 0.2) is 11.5 Å². The highest BCUT2D eigenvalue weighted by Gasteiger charge is 2.08. The van der Waals surface area contributed by atoms with Crippen LogP contribution in [0.1, 0.15) is 22.5 Å². The number of ether oxygens (including phenoxy) is 2. The molecule has 0 aliphatic carbocycles. The van der Waals surface area contributed by atoms with Crippen molar-refractivity contribution in [2.45, 2.75) is 19.6 Å². The van der Waals surface area contributed by atoms with E-state index in [0.717, 1.165) is 35.8 Å². The van der Waals surface area contributed by atoms with Crippen LogP contribution in [0.2, 0.25) is 5.02 Å². The van der Waals surface area contributed by atoms with E-state index in [0.29, 0.717) is 34.3 Å². The van der Waals surface area contributed by atoms with Crippen LogP contribution in [0.4, 0.5) is 5.69 Å². The molecule has 0 saturated carbocycles. The molecule has 9 heteroatoms. The van der Waals surface area contributed by atoms with Crippen molar-refractivity contribution in [3.8, 4) is 11.5 Å². The lowest BCUT2D eigenvalue weighted by Crippen LogP contribution is -2.07. The molecule has 0 radical (unpaired) electrons. The normalized spacial score (nSPS) is 10.8. The number of nitrogens with zero attached hydrogens (tertiary/aromatic N) is 4. The molecule has 0 amide bonds. The Labute approximate surface area is 190 Å². The van der Waals surface area contributed by atoms with Gasteiger partial charge in [0.05, 0.1) is 18.8 Å². The second-order valence-electron chi connectivity index (χ2n) is 7.09. The Morgan fingerprint density at radius 2 is 2.06 bits per heavy atom. The highest BCUT2D eigenvalue weighted by Crippen LogP contribution is 2.28. The average molecular weight is 452 g/mol. The fourth-order valence-electron chi connectivity index (χ4n) is 3.28. The van der Waals surface area contributed by atoms with E-state index in [1.807, 2.05) is 30.5 Å². The van der Waals surface area contributed by atoms with E-state index in [4.69, 9.17) is 21.1 Å². The van der Waals surface area contributed by atoms with E-state index in [1.165, 1.54) is 7.11 Å². The van der Waals surface area contributed by atoms with Crippen molar-refractivity contribution in [3.63, 3.8) is 0 Å². The summed E-state index contributed by atoms with van der Waals surface area (Å²) in [6.07, 6.45) is 5.25. The van der Waals surface area contributed by atoms with Gasteiger partial charge in [-0.05, 0) is 48.9 Å². The number of aldehydes is 1. The summed E-state index contributed by atoms with van der Waals surface area (Å²) in [7, 11) is 1.53. The van der Waals surface area contributed by atoms with Crippen molar-refractivity contribution >= 4 is 34.5 Å². The van der Waals surface area contributed by atoms with Crippen LogP contribution in [-0.4, -0.2) is 39.9 Å². The quantitative estimate of drug-likeness (QED) is 0.282. The first kappa shape index (κ1) is 21.6. The highest BCUT2D eigenvalue weighted by molar-refractivity contribution is 6.31. The minimum absolute atomic E-state index is 0.251. The summed E-state index contributed by atoms with van der Waals surface area (Å²) in [5.41, 5.74) is 3.11. The van der Waals surface area contributed by atoms with Gasteiger partial charge >= 0.3 is 0 Å². The fraction of sp³-hybridized carbons (Fsp3) is 0.217. The number of hydrogen-bond acceptors (Lipinski definition) is 7. The maximum Gasteiger partial charge on any atom is 0.161 e. The molecule has 0 bridgehead atoms. The van der Waals surface area contributed by atoms with E-state index in [1.54, 1.807) is 29.1 Å². The molecule has 4 rings (SSSR count). The number of hydrogen-bond donors (Lipinski definition) is 1. The molecule has 2 heterocycles. The van der Waals surface area contributed by atoms with Gasteiger partial charge in [-0.25, -0.2) is 0 Å². The first-order valence-corrected chi connectivity index (χ1v) is 10.5. The van der Waals surface area contributed by atoms with Gasteiger partial charge in [0.2, 0.25) is 0 Å². The first-order chi connectivity index (χ1) is 15.7. The van der Waals surface area contributed by atoms with Crippen LogP contribution in [0.25, 0.3) is 10.9 Å². The van der Waals surface area contributed by atoms with Gasteiger partial charge in [0.25, 0.3) is 0 Å². The van der Waals surface area contributed by atoms with E-state index < -0.39 is 0 Å². The molecule has 32 heavy (non-hydrogen) atoms. The topological polar surface area (TPSA) is 91.2 Å². The average Bonchev–Trinajstić information content (AvgIpc) is 3.27. The number of pyridine rings is 1. The Balaban J connectivity index is 1.28. The van der Waals surface area contributed by atoms with Crippen LogP contribution >= 0.6 is 11.6 Å². The third kappa shape index (κ3) is 5.15. The molecule has 2 aromatic heterocycles. The number of carbonyl (C=O) groups is 1. The molecule has 1 N–H and O–H groups in total. The zero-order valence-electron chi connectivity index (χ0n) is 17.5. The number of benzene rings is 2. The Morgan fingerprint density at radius 3 is 2.91 bits per heavy atom. The summed E-state index contributed by atoms with van der Waals surface area (Å²) in [6, 6.07) is 12.7. The second-order valence-corrected chi connectivity index (χ2v) is 7.53. The molecule has 2 aromatic carbocycles. The summed E-state index contributed by atoms with van der Waals surface area (Å²) in [5.74, 6) is 1.04. The molecular weight excluding hydrogens is 430 g/mol. The molecule has 0 spiro atoms. The van der Waals surface area contributed by atoms with Gasteiger partial charge in [0.1, 0.15) is 18.6 Å². The Morgan fingerprint density at radius 1 is 1.16 bits per heavy atom. The van der Waals surface area contributed by atoms with Gasteiger partial charge < -0.3 is 14.8 Å². The Bertz CT molecular complexity index is 1230. The molecule has 0 atom stereocenters. The smallest absolute Gasteiger partial charge is 0.161 e. The number of methoxy groups -OCH3 is 1. The van der Waals surface area contributed by atoms with Gasteiger partial charge in [-0.15, -0.1) is 5.10 Å². The monoisotopic (exact) mass is 451 g/mol. The lowest BCUT2D eigenvalue weighted by atomic mass is 10.2. The third-order valence-electron chi connectivity index (χ3n) is 4.87. The number of fused-ring (bicyclic) bond motifs is 1. The number of rotatable bonds is 10. The molecule has 0 aliphatic rings. The number of anilines is 1. The zero-order valence-corrected chi connectivity index (χ0v) is 18.2. The van der Waals surface area contributed by atoms with Crippen molar-refractivity contribution in [3.05, 3.63) is 71.1 Å². The molecule has 164 valence electrons. The second kappa shape index (κ2) is 10.1. The molecule has 0 saturated heterocycles. The number of halogens is 1. The lowest BCUT2D eigenvalue weighted by molar-refractivity contribution is 0.112. The summed E-state index contributed by atoms with van der Waals surface area (Å²) in [5, 5.41) is 13.5. The maximum absolute atomic E-state index is 10.9. The maximum atomic E-state index is 10.9. The standard InChI is InChI=1S/C23H22ClN5O3/c1-31-23-11-16(14-30)3-6-22(23)32-15-18-13-29(28-27-18)10-2-8-25-20-7-9-26-21-12-17(24)4-5-19(20)21/h3-7,9,11-14H,2,8,10,15H2,1H3,(H,25,26). The van der Waals surface area contributed by atoms with Crippen molar-refractivity contribution in [1.82, 2.24) is 20.0 Å². The lowest BCUT2D eigenvalue weighted by Gasteiger charge is -2.10. The van der Waals surface area contributed by atoms with Crippen LogP contribution in [0.3, 0.4) is 0 Å². The molecule has 0 fully saturated rings. The van der Waals surface area contributed by atoms with Crippen LogP contribution < -0.4 is 14.8 Å². The van der Waals surface area contributed by atoms with Crippen molar-refractivity contribution in [2.24, 2.45) is 0 Å². The predicted molar refractivity (Wildman–Crippen MR) is 123 cm³/mol. The van der Waals surface area contributed by atoms with Gasteiger partial charge in [-0.2, -0.15) is 0 Å². The number of aryl methyl sites for hydroxylation is 1. The zero-order chi connectivity index (χ0) is 22.3. The van der Waals surface area contributed by atoms with E-state index in [-0.39, 0.29) is 6.61 Å². The van der Waals surface area contributed by atoms with Crippen LogP contribution in [0.5, 0.6) is 11.5 Å².